The quantitative estimate of drug-likeness (QED) is 0.472. The summed E-state index contributed by atoms with van der Waals surface area (Å²) in [5, 5.41) is 4.42. The van der Waals surface area contributed by atoms with Crippen LogP contribution < -0.4 is 0 Å². The number of ether oxygens (including phenoxy) is 2. The number of hydrogen-bond acceptors (Lipinski definition) is 5. The highest BCUT2D eigenvalue weighted by Crippen LogP contribution is 2.38. The number of methoxy groups -OCH3 is 1. The monoisotopic (exact) mass is 368 g/mol. The first-order valence-electron chi connectivity index (χ1n) is 10.8. The van der Waals surface area contributed by atoms with Gasteiger partial charge in [-0.3, -0.25) is 4.90 Å². The number of rotatable bonds is 12. The first kappa shape index (κ1) is 21.5. The molecule has 1 saturated heterocycles. The Morgan fingerprint density at radius 3 is 2.58 bits per heavy atom. The lowest BCUT2D eigenvalue weighted by Gasteiger charge is -2.39. The van der Waals surface area contributed by atoms with E-state index in [1.165, 1.54) is 51.6 Å². The third-order valence-corrected chi connectivity index (χ3v) is 5.82. The number of hydrogen-bond donors (Lipinski definition) is 0. The second-order valence-electron chi connectivity index (χ2n) is 8.02. The normalized spacial score (nSPS) is 23.7. The molecular weight excluding hydrogens is 328 g/mol. The molecule has 5 nitrogen and oxygen atoms in total. The van der Waals surface area contributed by atoms with Crippen molar-refractivity contribution >= 4 is 5.90 Å². The van der Waals surface area contributed by atoms with Gasteiger partial charge in [0, 0.05) is 20.3 Å². The molecule has 0 saturated carbocycles. The van der Waals surface area contributed by atoms with Gasteiger partial charge in [-0.05, 0) is 45.2 Å². The molecule has 0 aromatic carbocycles. The van der Waals surface area contributed by atoms with Crippen molar-refractivity contribution < 1.29 is 14.3 Å². The SMILES string of the molecule is CCCCCC(CCC)(CCOC)C1=NOCC(CN2CCCCC2)O1. The van der Waals surface area contributed by atoms with Crippen LogP contribution in [0.15, 0.2) is 5.16 Å². The molecule has 0 N–H and O–H groups in total. The summed E-state index contributed by atoms with van der Waals surface area (Å²) in [6.45, 7) is 9.15. The zero-order valence-electron chi connectivity index (χ0n) is 17.3. The molecule has 26 heavy (non-hydrogen) atoms. The molecule has 1 fully saturated rings. The van der Waals surface area contributed by atoms with Crippen LogP contribution in [0.5, 0.6) is 0 Å². The summed E-state index contributed by atoms with van der Waals surface area (Å²) in [4.78, 5) is 8.19. The fourth-order valence-corrected chi connectivity index (χ4v) is 4.32. The van der Waals surface area contributed by atoms with Crippen molar-refractivity contribution in [2.75, 3.05) is 40.0 Å². The van der Waals surface area contributed by atoms with Gasteiger partial charge in [-0.2, -0.15) is 0 Å². The standard InChI is InChI=1S/C21H40N2O3/c1-4-6-8-12-21(11-5-2,13-16-24-3)20-22-25-18-19(26-20)17-23-14-9-7-10-15-23/h19H,4-18H2,1-3H3. The van der Waals surface area contributed by atoms with Crippen LogP contribution in [0.2, 0.25) is 0 Å². The van der Waals surface area contributed by atoms with Gasteiger partial charge in [0.05, 0.1) is 5.41 Å². The highest BCUT2D eigenvalue weighted by atomic mass is 16.7. The van der Waals surface area contributed by atoms with E-state index < -0.39 is 0 Å². The minimum atomic E-state index is -0.0412. The van der Waals surface area contributed by atoms with E-state index in [1.807, 2.05) is 0 Å². The lowest BCUT2D eigenvalue weighted by atomic mass is 9.75. The maximum Gasteiger partial charge on any atom is 0.232 e. The van der Waals surface area contributed by atoms with Crippen LogP contribution in [0.25, 0.3) is 0 Å². The van der Waals surface area contributed by atoms with Crippen LogP contribution in [0.3, 0.4) is 0 Å². The Bertz CT molecular complexity index is 410. The molecule has 2 unspecified atom stereocenters. The van der Waals surface area contributed by atoms with Crippen LogP contribution in [0.1, 0.15) is 78.1 Å². The van der Waals surface area contributed by atoms with E-state index in [2.05, 4.69) is 23.9 Å². The second-order valence-corrected chi connectivity index (χ2v) is 8.02. The predicted octanol–water partition coefficient (Wildman–Crippen LogP) is 4.60. The van der Waals surface area contributed by atoms with E-state index in [4.69, 9.17) is 14.3 Å². The Balaban J connectivity index is 2.04. The van der Waals surface area contributed by atoms with Crippen molar-refractivity contribution in [3.63, 3.8) is 0 Å². The Labute approximate surface area is 160 Å². The minimum absolute atomic E-state index is 0.0412. The smallest absolute Gasteiger partial charge is 0.232 e. The summed E-state index contributed by atoms with van der Waals surface area (Å²) in [6, 6.07) is 0. The van der Waals surface area contributed by atoms with Crippen LogP contribution in [0.4, 0.5) is 0 Å². The van der Waals surface area contributed by atoms with Crippen molar-refractivity contribution in [1.29, 1.82) is 0 Å². The van der Waals surface area contributed by atoms with Crippen molar-refractivity contribution in [1.82, 2.24) is 4.90 Å². The summed E-state index contributed by atoms with van der Waals surface area (Å²) in [7, 11) is 1.78. The third-order valence-electron chi connectivity index (χ3n) is 5.82. The fourth-order valence-electron chi connectivity index (χ4n) is 4.32. The lowest BCUT2D eigenvalue weighted by Crippen LogP contribution is -2.46. The fraction of sp³-hybridized carbons (Fsp3) is 0.952. The van der Waals surface area contributed by atoms with Crippen LogP contribution in [-0.2, 0) is 14.3 Å². The zero-order chi connectivity index (χ0) is 18.7. The summed E-state index contributed by atoms with van der Waals surface area (Å²) < 4.78 is 11.9. The highest BCUT2D eigenvalue weighted by molar-refractivity contribution is 5.82. The summed E-state index contributed by atoms with van der Waals surface area (Å²) in [5.74, 6) is 0.834. The Kier molecular flexibility index (Phi) is 9.76. The Morgan fingerprint density at radius 2 is 1.88 bits per heavy atom. The van der Waals surface area contributed by atoms with E-state index in [1.54, 1.807) is 7.11 Å². The molecule has 0 aromatic rings. The van der Waals surface area contributed by atoms with Gasteiger partial charge in [-0.1, -0.05) is 51.1 Å². The molecule has 2 atom stereocenters. The molecule has 0 aromatic heterocycles. The molecular formula is C21H40N2O3. The number of piperidine rings is 1. The largest absolute Gasteiger partial charge is 0.470 e. The van der Waals surface area contributed by atoms with E-state index >= 15 is 0 Å². The van der Waals surface area contributed by atoms with E-state index in [9.17, 15) is 0 Å². The Hall–Kier alpha value is -0.810. The van der Waals surface area contributed by atoms with Gasteiger partial charge in [0.1, 0.15) is 6.10 Å². The molecule has 2 aliphatic rings. The van der Waals surface area contributed by atoms with Crippen LogP contribution in [-0.4, -0.2) is 56.9 Å². The summed E-state index contributed by atoms with van der Waals surface area (Å²) in [5.41, 5.74) is -0.0412. The average molecular weight is 369 g/mol. The van der Waals surface area contributed by atoms with E-state index in [-0.39, 0.29) is 11.5 Å². The minimum Gasteiger partial charge on any atom is -0.470 e. The van der Waals surface area contributed by atoms with Gasteiger partial charge in [0.25, 0.3) is 0 Å². The predicted molar refractivity (Wildman–Crippen MR) is 107 cm³/mol. The maximum atomic E-state index is 6.46. The van der Waals surface area contributed by atoms with Gasteiger partial charge >= 0.3 is 0 Å². The number of likely N-dealkylation sites (tertiary alicyclic amines) is 1. The molecule has 2 aliphatic heterocycles. The first-order chi connectivity index (χ1) is 12.7. The zero-order valence-corrected chi connectivity index (χ0v) is 17.3. The van der Waals surface area contributed by atoms with Crippen molar-refractivity contribution in [3.8, 4) is 0 Å². The average Bonchev–Trinajstić information content (AvgIpc) is 2.67. The van der Waals surface area contributed by atoms with Crippen molar-refractivity contribution in [2.45, 2.75) is 84.2 Å². The van der Waals surface area contributed by atoms with Gasteiger partial charge in [0.2, 0.25) is 5.90 Å². The topological polar surface area (TPSA) is 43.3 Å². The molecule has 152 valence electrons. The molecule has 0 bridgehead atoms. The first-order valence-corrected chi connectivity index (χ1v) is 10.8. The molecule has 2 heterocycles. The van der Waals surface area contributed by atoms with Gasteiger partial charge in [-0.25, -0.2) is 0 Å². The molecule has 5 heteroatoms. The van der Waals surface area contributed by atoms with E-state index in [0.29, 0.717) is 6.61 Å². The van der Waals surface area contributed by atoms with E-state index in [0.717, 1.165) is 44.7 Å². The number of unbranched alkanes of at least 4 members (excludes halogenated alkanes) is 2. The van der Waals surface area contributed by atoms with Crippen molar-refractivity contribution in [3.05, 3.63) is 0 Å². The molecule has 0 aliphatic carbocycles. The second kappa shape index (κ2) is 11.8. The molecule has 0 radical (unpaired) electrons. The van der Waals surface area contributed by atoms with Gasteiger partial charge < -0.3 is 14.3 Å². The number of nitrogens with zero attached hydrogens (tertiary/aromatic N) is 2. The van der Waals surface area contributed by atoms with Crippen LogP contribution >= 0.6 is 0 Å². The molecule has 0 spiro atoms. The summed E-state index contributed by atoms with van der Waals surface area (Å²) >= 11 is 0. The molecule has 2 rings (SSSR count). The highest BCUT2D eigenvalue weighted by Gasteiger charge is 2.40. The Morgan fingerprint density at radius 1 is 1.08 bits per heavy atom. The van der Waals surface area contributed by atoms with Crippen molar-refractivity contribution in [2.24, 2.45) is 10.6 Å². The lowest BCUT2D eigenvalue weighted by molar-refractivity contribution is -0.0259. The summed E-state index contributed by atoms with van der Waals surface area (Å²) in [6.07, 6.45) is 12.0. The molecule has 0 amide bonds. The van der Waals surface area contributed by atoms with Gasteiger partial charge in [0.15, 0.2) is 6.61 Å². The third kappa shape index (κ3) is 6.41. The maximum absolute atomic E-state index is 6.46. The number of oxime groups is 1. The van der Waals surface area contributed by atoms with Crippen LogP contribution in [0, 0.1) is 5.41 Å². The van der Waals surface area contributed by atoms with Gasteiger partial charge in [-0.15, -0.1) is 0 Å².